The first-order valence-corrected chi connectivity index (χ1v) is 9.11. The summed E-state index contributed by atoms with van der Waals surface area (Å²) >= 11 is 0. The quantitative estimate of drug-likeness (QED) is 0.732. The molecule has 1 saturated heterocycles. The van der Waals surface area contributed by atoms with E-state index in [0.717, 1.165) is 25.7 Å². The summed E-state index contributed by atoms with van der Waals surface area (Å²) in [5, 5.41) is 2.81. The van der Waals surface area contributed by atoms with Gasteiger partial charge >= 0.3 is 0 Å². The number of hydrogen-bond donors (Lipinski definition) is 1. The van der Waals surface area contributed by atoms with Crippen molar-refractivity contribution in [1.82, 2.24) is 19.5 Å². The molecule has 132 valence electrons. The lowest BCUT2D eigenvalue weighted by Crippen LogP contribution is -2.45. The summed E-state index contributed by atoms with van der Waals surface area (Å²) in [5.41, 5.74) is 3.42. The topological polar surface area (TPSA) is 70.5 Å². The molecular formula is C20H20N4O2. The fraction of sp³-hybridized carbons (Fsp3) is 0.350. The zero-order valence-electron chi connectivity index (χ0n) is 14.4. The van der Waals surface area contributed by atoms with Gasteiger partial charge in [0, 0.05) is 31.5 Å². The van der Waals surface area contributed by atoms with E-state index in [4.69, 9.17) is 0 Å². The highest BCUT2D eigenvalue weighted by molar-refractivity contribution is 5.93. The lowest BCUT2D eigenvalue weighted by molar-refractivity contribution is 0.0663. The molecule has 0 bridgehead atoms. The van der Waals surface area contributed by atoms with Crippen LogP contribution in [0, 0.1) is 0 Å². The third-order valence-corrected chi connectivity index (χ3v) is 6.12. The van der Waals surface area contributed by atoms with Crippen LogP contribution < -0.4 is 5.56 Å². The second-order valence-electron chi connectivity index (χ2n) is 7.36. The van der Waals surface area contributed by atoms with Gasteiger partial charge in [-0.15, -0.1) is 0 Å². The minimum atomic E-state index is -0.337. The number of aryl methyl sites for hydroxylation is 1. The van der Waals surface area contributed by atoms with Crippen LogP contribution in [0.25, 0.3) is 5.65 Å². The van der Waals surface area contributed by atoms with Gasteiger partial charge in [-0.25, -0.2) is 9.50 Å². The van der Waals surface area contributed by atoms with Gasteiger partial charge in [0.15, 0.2) is 5.65 Å². The SMILES string of the molecule is O=C(c1cnc2cc[nH]n2c1=O)N1CCC2(CCc3ccccc32)CC1. The van der Waals surface area contributed by atoms with Gasteiger partial charge in [0.05, 0.1) is 0 Å². The number of aromatic amines is 1. The Hall–Kier alpha value is -2.89. The zero-order valence-corrected chi connectivity index (χ0v) is 14.4. The fourth-order valence-electron chi connectivity index (χ4n) is 4.64. The van der Waals surface area contributed by atoms with E-state index >= 15 is 0 Å². The van der Waals surface area contributed by atoms with Crippen LogP contribution in [0.15, 0.2) is 47.5 Å². The maximum absolute atomic E-state index is 12.9. The number of carbonyl (C=O) groups is 1. The minimum absolute atomic E-state index is 0.132. The summed E-state index contributed by atoms with van der Waals surface area (Å²) in [6, 6.07) is 10.4. The molecule has 1 spiro atoms. The Balaban J connectivity index is 1.39. The first-order chi connectivity index (χ1) is 12.7. The van der Waals surface area contributed by atoms with Crippen LogP contribution in [-0.2, 0) is 11.8 Å². The molecule has 1 N–H and O–H groups in total. The first-order valence-electron chi connectivity index (χ1n) is 9.11. The van der Waals surface area contributed by atoms with Gasteiger partial charge in [-0.05, 0) is 42.2 Å². The van der Waals surface area contributed by atoms with Gasteiger partial charge in [-0.3, -0.25) is 14.7 Å². The van der Waals surface area contributed by atoms with E-state index in [0.29, 0.717) is 18.7 Å². The van der Waals surface area contributed by atoms with Crippen molar-refractivity contribution in [2.24, 2.45) is 0 Å². The monoisotopic (exact) mass is 348 g/mol. The third-order valence-electron chi connectivity index (χ3n) is 6.12. The van der Waals surface area contributed by atoms with E-state index in [1.807, 2.05) is 0 Å². The van der Waals surface area contributed by atoms with Crippen LogP contribution in [0.1, 0.15) is 40.7 Å². The highest BCUT2D eigenvalue weighted by Gasteiger charge is 2.42. The van der Waals surface area contributed by atoms with Crippen LogP contribution in [0.4, 0.5) is 0 Å². The number of nitrogens with one attached hydrogen (secondary N) is 1. The van der Waals surface area contributed by atoms with Gasteiger partial charge in [0.1, 0.15) is 5.56 Å². The summed E-state index contributed by atoms with van der Waals surface area (Å²) in [7, 11) is 0. The lowest BCUT2D eigenvalue weighted by Gasteiger charge is -2.40. The summed E-state index contributed by atoms with van der Waals surface area (Å²) < 4.78 is 1.31. The molecule has 26 heavy (non-hydrogen) atoms. The van der Waals surface area contributed by atoms with E-state index < -0.39 is 0 Å². The predicted molar refractivity (Wildman–Crippen MR) is 97.4 cm³/mol. The molecule has 5 rings (SSSR count). The van der Waals surface area contributed by atoms with Crippen molar-refractivity contribution in [1.29, 1.82) is 0 Å². The standard InChI is InChI=1S/C20H20N4O2/c25-18(15-13-21-17-6-10-22-24(17)19(15)26)23-11-8-20(9-12-23)7-5-14-3-1-2-4-16(14)20/h1-4,6,10,13,22H,5,7-9,11-12H2. The Morgan fingerprint density at radius 1 is 1.12 bits per heavy atom. The number of carbonyl (C=O) groups excluding carboxylic acids is 1. The molecule has 2 aliphatic rings. The molecule has 3 heterocycles. The average molecular weight is 348 g/mol. The van der Waals surface area contributed by atoms with Crippen molar-refractivity contribution in [3.8, 4) is 0 Å². The number of nitrogens with zero attached hydrogens (tertiary/aromatic N) is 3. The first kappa shape index (κ1) is 15.4. The smallest absolute Gasteiger partial charge is 0.285 e. The van der Waals surface area contributed by atoms with E-state index in [-0.39, 0.29) is 22.4 Å². The fourth-order valence-corrected chi connectivity index (χ4v) is 4.64. The summed E-state index contributed by atoms with van der Waals surface area (Å²) in [6.45, 7) is 1.36. The Kier molecular flexibility index (Phi) is 3.29. The third kappa shape index (κ3) is 2.14. The van der Waals surface area contributed by atoms with E-state index in [1.54, 1.807) is 17.2 Å². The van der Waals surface area contributed by atoms with Gasteiger partial charge in [0.2, 0.25) is 0 Å². The maximum atomic E-state index is 12.9. The van der Waals surface area contributed by atoms with Gasteiger partial charge in [-0.1, -0.05) is 24.3 Å². The highest BCUT2D eigenvalue weighted by Crippen LogP contribution is 2.46. The van der Waals surface area contributed by atoms with Crippen molar-refractivity contribution in [3.05, 3.63) is 69.8 Å². The molecule has 0 radical (unpaired) electrons. The second-order valence-corrected chi connectivity index (χ2v) is 7.36. The number of aromatic nitrogens is 3. The van der Waals surface area contributed by atoms with Crippen molar-refractivity contribution in [3.63, 3.8) is 0 Å². The molecule has 6 heteroatoms. The molecule has 1 fully saturated rings. The second kappa shape index (κ2) is 5.56. The molecule has 3 aromatic rings. The summed E-state index contributed by atoms with van der Waals surface area (Å²) in [4.78, 5) is 31.4. The molecule has 1 amide bonds. The Morgan fingerprint density at radius 3 is 2.77 bits per heavy atom. The van der Waals surface area contributed by atoms with Crippen molar-refractivity contribution in [2.45, 2.75) is 31.1 Å². The Bertz CT molecular complexity index is 1060. The lowest BCUT2D eigenvalue weighted by atomic mass is 9.74. The van der Waals surface area contributed by atoms with E-state index in [9.17, 15) is 9.59 Å². The molecule has 1 aromatic carbocycles. The van der Waals surface area contributed by atoms with Crippen LogP contribution in [0.2, 0.25) is 0 Å². The van der Waals surface area contributed by atoms with Crippen LogP contribution in [0.5, 0.6) is 0 Å². The Labute approximate surface area is 150 Å². The zero-order chi connectivity index (χ0) is 17.7. The number of fused-ring (bicyclic) bond motifs is 3. The molecule has 0 unspecified atom stereocenters. The largest absolute Gasteiger partial charge is 0.338 e. The van der Waals surface area contributed by atoms with Crippen LogP contribution in [0.3, 0.4) is 0 Å². The van der Waals surface area contributed by atoms with Crippen molar-refractivity contribution >= 4 is 11.6 Å². The van der Waals surface area contributed by atoms with Gasteiger partial charge in [0.25, 0.3) is 11.5 Å². The van der Waals surface area contributed by atoms with E-state index in [2.05, 4.69) is 34.3 Å². The number of benzene rings is 1. The molecule has 0 saturated carbocycles. The van der Waals surface area contributed by atoms with Gasteiger partial charge in [-0.2, -0.15) is 0 Å². The molecular weight excluding hydrogens is 328 g/mol. The predicted octanol–water partition coefficient (Wildman–Crippen LogP) is 2.14. The van der Waals surface area contributed by atoms with Crippen molar-refractivity contribution < 1.29 is 4.79 Å². The summed E-state index contributed by atoms with van der Waals surface area (Å²) in [6.07, 6.45) is 7.24. The number of piperidine rings is 1. The Morgan fingerprint density at radius 2 is 1.92 bits per heavy atom. The molecule has 6 nitrogen and oxygen atoms in total. The minimum Gasteiger partial charge on any atom is -0.338 e. The molecule has 2 aromatic heterocycles. The van der Waals surface area contributed by atoms with E-state index in [1.165, 1.54) is 21.8 Å². The maximum Gasteiger partial charge on any atom is 0.285 e. The molecule has 0 atom stereocenters. The summed E-state index contributed by atoms with van der Waals surface area (Å²) in [5.74, 6) is -0.215. The number of H-pyrrole nitrogens is 1. The molecule has 1 aliphatic carbocycles. The number of hydrogen-bond acceptors (Lipinski definition) is 3. The average Bonchev–Trinajstić information content (AvgIpc) is 3.29. The van der Waals surface area contributed by atoms with Crippen LogP contribution >= 0.6 is 0 Å². The number of amides is 1. The normalized spacial score (nSPS) is 18.4. The number of rotatable bonds is 1. The van der Waals surface area contributed by atoms with Crippen LogP contribution in [-0.4, -0.2) is 38.5 Å². The van der Waals surface area contributed by atoms with Gasteiger partial charge < -0.3 is 4.90 Å². The molecule has 1 aliphatic heterocycles. The van der Waals surface area contributed by atoms with Crippen molar-refractivity contribution in [2.75, 3.05) is 13.1 Å². The highest BCUT2D eigenvalue weighted by atomic mass is 16.2. The number of likely N-dealkylation sites (tertiary alicyclic amines) is 1.